The van der Waals surface area contributed by atoms with Crippen LogP contribution in [-0.2, 0) is 21.3 Å². The third-order valence-corrected chi connectivity index (χ3v) is 5.69. The van der Waals surface area contributed by atoms with Crippen molar-refractivity contribution in [1.82, 2.24) is 8.87 Å². The first kappa shape index (κ1) is 16.0. The number of aromatic nitrogens is 1. The van der Waals surface area contributed by atoms with Gasteiger partial charge in [-0.25, -0.2) is 13.2 Å². The Labute approximate surface area is 124 Å². The predicted octanol–water partition coefficient (Wildman–Crippen LogP) is 1.01. The SMILES string of the molecule is CCn1cc(S(=O)(=O)N(C)C2CCOCC2)cc1C(=O)O. The summed E-state index contributed by atoms with van der Waals surface area (Å²) in [5, 5.41) is 9.12. The third kappa shape index (κ3) is 3.12. The summed E-state index contributed by atoms with van der Waals surface area (Å²) in [6.45, 7) is 3.25. The van der Waals surface area contributed by atoms with Crippen LogP contribution < -0.4 is 0 Å². The van der Waals surface area contributed by atoms with Gasteiger partial charge in [-0.15, -0.1) is 0 Å². The van der Waals surface area contributed by atoms with Gasteiger partial charge in [-0.1, -0.05) is 0 Å². The molecule has 0 saturated carbocycles. The van der Waals surface area contributed by atoms with Crippen LogP contribution in [0.2, 0.25) is 0 Å². The van der Waals surface area contributed by atoms with Gasteiger partial charge in [0.05, 0.1) is 0 Å². The molecule has 0 aromatic carbocycles. The first-order valence-corrected chi connectivity index (χ1v) is 8.31. The maximum atomic E-state index is 12.6. The Bertz CT molecular complexity index is 617. The molecule has 0 amide bonds. The standard InChI is InChI=1S/C13H20N2O5S/c1-3-15-9-11(8-12(15)13(16)17)21(18,19)14(2)10-4-6-20-7-5-10/h8-10H,3-7H2,1-2H3,(H,16,17). The van der Waals surface area contributed by atoms with E-state index in [4.69, 9.17) is 9.84 Å². The van der Waals surface area contributed by atoms with E-state index in [9.17, 15) is 13.2 Å². The van der Waals surface area contributed by atoms with E-state index >= 15 is 0 Å². The Hall–Kier alpha value is -1.38. The van der Waals surface area contributed by atoms with Crippen molar-refractivity contribution in [2.75, 3.05) is 20.3 Å². The van der Waals surface area contributed by atoms with E-state index in [0.29, 0.717) is 32.6 Å². The summed E-state index contributed by atoms with van der Waals surface area (Å²) in [5.41, 5.74) is -0.0172. The topological polar surface area (TPSA) is 88.8 Å². The van der Waals surface area contributed by atoms with E-state index < -0.39 is 16.0 Å². The van der Waals surface area contributed by atoms with E-state index in [-0.39, 0.29) is 16.6 Å². The van der Waals surface area contributed by atoms with Crippen LogP contribution in [-0.4, -0.2) is 54.7 Å². The maximum Gasteiger partial charge on any atom is 0.352 e. The van der Waals surface area contributed by atoms with E-state index in [1.54, 1.807) is 6.92 Å². The molecule has 1 fully saturated rings. The number of hydrogen-bond acceptors (Lipinski definition) is 4. The highest BCUT2D eigenvalue weighted by atomic mass is 32.2. The molecule has 0 bridgehead atoms. The van der Waals surface area contributed by atoms with Crippen LogP contribution >= 0.6 is 0 Å². The van der Waals surface area contributed by atoms with Gasteiger partial charge in [0.2, 0.25) is 10.0 Å². The number of carbonyl (C=O) groups is 1. The van der Waals surface area contributed by atoms with Gasteiger partial charge in [-0.2, -0.15) is 4.31 Å². The maximum absolute atomic E-state index is 12.6. The average Bonchev–Trinajstić information content (AvgIpc) is 2.92. The van der Waals surface area contributed by atoms with Gasteiger partial charge in [0, 0.05) is 39.0 Å². The molecule has 1 aliphatic heterocycles. The lowest BCUT2D eigenvalue weighted by molar-refractivity contribution is 0.0632. The molecule has 2 rings (SSSR count). The van der Waals surface area contributed by atoms with Crippen molar-refractivity contribution >= 4 is 16.0 Å². The second kappa shape index (κ2) is 6.17. The lowest BCUT2D eigenvalue weighted by Crippen LogP contribution is -2.40. The van der Waals surface area contributed by atoms with Crippen molar-refractivity contribution in [3.8, 4) is 0 Å². The van der Waals surface area contributed by atoms with Crippen LogP contribution in [0.3, 0.4) is 0 Å². The molecule has 0 unspecified atom stereocenters. The smallest absolute Gasteiger partial charge is 0.352 e. The molecule has 1 aromatic heterocycles. The summed E-state index contributed by atoms with van der Waals surface area (Å²) in [7, 11) is -2.15. The van der Waals surface area contributed by atoms with E-state index in [2.05, 4.69) is 0 Å². The molecular weight excluding hydrogens is 296 g/mol. The largest absolute Gasteiger partial charge is 0.477 e. The monoisotopic (exact) mass is 316 g/mol. The number of sulfonamides is 1. The van der Waals surface area contributed by atoms with Crippen LogP contribution in [0, 0.1) is 0 Å². The molecule has 0 radical (unpaired) electrons. The van der Waals surface area contributed by atoms with Crippen molar-refractivity contribution in [3.63, 3.8) is 0 Å². The third-order valence-electron chi connectivity index (χ3n) is 3.81. The number of ether oxygens (including phenoxy) is 1. The molecule has 0 atom stereocenters. The Balaban J connectivity index is 2.32. The number of carboxylic acids is 1. The number of nitrogens with zero attached hydrogens (tertiary/aromatic N) is 2. The summed E-state index contributed by atoms with van der Waals surface area (Å²) in [6.07, 6.45) is 2.68. The zero-order chi connectivity index (χ0) is 15.6. The normalized spacial score (nSPS) is 17.3. The van der Waals surface area contributed by atoms with Gasteiger partial charge < -0.3 is 14.4 Å². The first-order valence-electron chi connectivity index (χ1n) is 6.87. The number of hydrogen-bond donors (Lipinski definition) is 1. The van der Waals surface area contributed by atoms with Gasteiger partial charge >= 0.3 is 5.97 Å². The van der Waals surface area contributed by atoms with Crippen LogP contribution in [0.4, 0.5) is 0 Å². The summed E-state index contributed by atoms with van der Waals surface area (Å²) in [6, 6.07) is 1.11. The first-order chi connectivity index (χ1) is 9.87. The van der Waals surface area contributed by atoms with Crippen molar-refractivity contribution < 1.29 is 23.1 Å². The highest BCUT2D eigenvalue weighted by Gasteiger charge is 2.31. The molecule has 1 aromatic rings. The molecular formula is C13H20N2O5S. The Morgan fingerprint density at radius 1 is 1.48 bits per heavy atom. The van der Waals surface area contributed by atoms with Crippen LogP contribution in [0.15, 0.2) is 17.2 Å². The minimum absolute atomic E-state index is 0.0172. The Kier molecular flexibility index (Phi) is 4.70. The number of carboxylic acid groups (broad SMARTS) is 1. The van der Waals surface area contributed by atoms with E-state index in [1.807, 2.05) is 0 Å². The number of aryl methyl sites for hydroxylation is 1. The molecule has 118 valence electrons. The van der Waals surface area contributed by atoms with Crippen LogP contribution in [0.5, 0.6) is 0 Å². The fourth-order valence-electron chi connectivity index (χ4n) is 2.48. The average molecular weight is 316 g/mol. The summed E-state index contributed by atoms with van der Waals surface area (Å²) >= 11 is 0. The predicted molar refractivity (Wildman–Crippen MR) is 75.9 cm³/mol. The summed E-state index contributed by atoms with van der Waals surface area (Å²) in [5.74, 6) is -1.13. The number of rotatable bonds is 5. The van der Waals surface area contributed by atoms with Crippen molar-refractivity contribution in [2.24, 2.45) is 0 Å². The van der Waals surface area contributed by atoms with Gasteiger partial charge in [0.25, 0.3) is 0 Å². The lowest BCUT2D eigenvalue weighted by Gasteiger charge is -2.30. The van der Waals surface area contributed by atoms with Crippen molar-refractivity contribution in [2.45, 2.75) is 37.2 Å². The van der Waals surface area contributed by atoms with E-state index in [0.717, 1.165) is 0 Å². The molecule has 7 nitrogen and oxygen atoms in total. The molecule has 1 aliphatic rings. The molecule has 0 aliphatic carbocycles. The highest BCUT2D eigenvalue weighted by molar-refractivity contribution is 7.89. The van der Waals surface area contributed by atoms with Crippen molar-refractivity contribution in [1.29, 1.82) is 0 Å². The van der Waals surface area contributed by atoms with Gasteiger partial charge in [0.15, 0.2) is 0 Å². The van der Waals surface area contributed by atoms with Crippen LogP contribution in [0.25, 0.3) is 0 Å². The fourth-order valence-corrected chi connectivity index (χ4v) is 3.93. The molecule has 2 heterocycles. The van der Waals surface area contributed by atoms with Gasteiger partial charge in [0.1, 0.15) is 10.6 Å². The molecule has 8 heteroatoms. The summed E-state index contributed by atoms with van der Waals surface area (Å²) in [4.78, 5) is 11.2. The Morgan fingerprint density at radius 3 is 2.57 bits per heavy atom. The molecule has 1 saturated heterocycles. The molecule has 1 N–H and O–H groups in total. The molecule has 0 spiro atoms. The zero-order valence-corrected chi connectivity index (χ0v) is 13.0. The van der Waals surface area contributed by atoms with Gasteiger partial charge in [-0.05, 0) is 25.8 Å². The zero-order valence-electron chi connectivity index (χ0n) is 12.2. The Morgan fingerprint density at radius 2 is 2.10 bits per heavy atom. The minimum Gasteiger partial charge on any atom is -0.477 e. The second-order valence-corrected chi connectivity index (χ2v) is 7.01. The quantitative estimate of drug-likeness (QED) is 0.875. The van der Waals surface area contributed by atoms with Crippen molar-refractivity contribution in [3.05, 3.63) is 18.0 Å². The minimum atomic E-state index is -3.69. The van der Waals surface area contributed by atoms with Gasteiger partial charge in [-0.3, -0.25) is 0 Å². The highest BCUT2D eigenvalue weighted by Crippen LogP contribution is 2.23. The number of aromatic carboxylic acids is 1. The lowest BCUT2D eigenvalue weighted by atomic mass is 10.1. The second-order valence-electron chi connectivity index (χ2n) is 5.02. The van der Waals surface area contributed by atoms with Crippen LogP contribution in [0.1, 0.15) is 30.3 Å². The fraction of sp³-hybridized carbons (Fsp3) is 0.615. The molecule has 21 heavy (non-hydrogen) atoms. The summed E-state index contributed by atoms with van der Waals surface area (Å²) < 4.78 is 33.2. The van der Waals surface area contributed by atoms with E-state index in [1.165, 1.54) is 28.2 Å².